The van der Waals surface area contributed by atoms with E-state index in [9.17, 15) is 21.2 Å². The molecule has 0 aliphatic carbocycles. The highest BCUT2D eigenvalue weighted by Crippen LogP contribution is 2.20. The van der Waals surface area contributed by atoms with Gasteiger partial charge in [-0.2, -0.15) is 0 Å². The van der Waals surface area contributed by atoms with Gasteiger partial charge in [-0.1, -0.05) is 0 Å². The van der Waals surface area contributed by atoms with Gasteiger partial charge in [-0.25, -0.2) is 25.9 Å². The maximum Gasteiger partial charge on any atom is 0.243 e. The fourth-order valence-corrected chi connectivity index (χ4v) is 3.91. The van der Waals surface area contributed by atoms with E-state index in [2.05, 4.69) is 4.72 Å². The Kier molecular flexibility index (Phi) is 4.14. The molecule has 1 N–H and O–H groups in total. The van der Waals surface area contributed by atoms with Gasteiger partial charge in [-0.3, -0.25) is 0 Å². The van der Waals surface area contributed by atoms with Gasteiger partial charge in [0.25, 0.3) is 0 Å². The van der Waals surface area contributed by atoms with Gasteiger partial charge >= 0.3 is 0 Å². The van der Waals surface area contributed by atoms with Crippen LogP contribution in [0.2, 0.25) is 0 Å². The normalized spacial score (nSPS) is 20.2. The van der Waals surface area contributed by atoms with Crippen molar-refractivity contribution >= 4 is 19.9 Å². The average molecular weight is 323 g/mol. The molecule has 0 spiro atoms. The predicted molar refractivity (Wildman–Crippen MR) is 69.1 cm³/mol. The molecule has 1 saturated heterocycles. The summed E-state index contributed by atoms with van der Waals surface area (Å²) in [6, 6.07) is 2.25. The summed E-state index contributed by atoms with van der Waals surface area (Å²) in [5.74, 6) is -0.996. The van der Waals surface area contributed by atoms with Crippen molar-refractivity contribution in [2.75, 3.05) is 19.5 Å². The Bertz CT molecular complexity index is 708. The number of hydrogen-bond donors (Lipinski definition) is 1. The number of ether oxygens (including phenoxy) is 1. The molecule has 1 heterocycles. The molecule has 1 atom stereocenters. The molecular formula is C11H14FNO5S2. The Morgan fingerprint density at radius 2 is 2.00 bits per heavy atom. The Morgan fingerprint density at radius 1 is 1.30 bits per heavy atom. The average Bonchev–Trinajstić information content (AvgIpc) is 2.79. The van der Waals surface area contributed by atoms with E-state index in [4.69, 9.17) is 4.74 Å². The monoisotopic (exact) mass is 323 g/mol. The SMILES string of the molecule is CS(=O)(=O)c1ccc(F)c(S(=O)(=O)NC2CCOC2)c1. The molecule has 0 amide bonds. The van der Waals surface area contributed by atoms with E-state index in [1.165, 1.54) is 0 Å². The molecular weight excluding hydrogens is 309 g/mol. The molecule has 9 heteroatoms. The van der Waals surface area contributed by atoms with E-state index in [-0.39, 0.29) is 11.5 Å². The van der Waals surface area contributed by atoms with Crippen LogP contribution >= 0.6 is 0 Å². The molecule has 1 aliphatic rings. The smallest absolute Gasteiger partial charge is 0.243 e. The number of sulfone groups is 1. The number of hydrogen-bond acceptors (Lipinski definition) is 5. The molecule has 1 aromatic rings. The molecule has 1 aromatic carbocycles. The van der Waals surface area contributed by atoms with Crippen molar-refractivity contribution in [1.82, 2.24) is 4.72 Å². The lowest BCUT2D eigenvalue weighted by Crippen LogP contribution is -2.35. The summed E-state index contributed by atoms with van der Waals surface area (Å²) in [6.07, 6.45) is 1.42. The van der Waals surface area contributed by atoms with Crippen LogP contribution in [0.15, 0.2) is 28.0 Å². The number of sulfonamides is 1. The fraction of sp³-hybridized carbons (Fsp3) is 0.455. The minimum atomic E-state index is -4.13. The fourth-order valence-electron chi connectivity index (χ4n) is 1.83. The number of benzene rings is 1. The van der Waals surface area contributed by atoms with Gasteiger partial charge in [0.1, 0.15) is 10.7 Å². The Labute approximate surface area is 116 Å². The first-order chi connectivity index (χ1) is 9.20. The molecule has 0 saturated carbocycles. The van der Waals surface area contributed by atoms with Crippen LogP contribution in [-0.4, -0.2) is 42.3 Å². The molecule has 112 valence electrons. The molecule has 2 rings (SSSR count). The summed E-state index contributed by atoms with van der Waals surface area (Å²) >= 11 is 0. The van der Waals surface area contributed by atoms with Crippen molar-refractivity contribution in [1.29, 1.82) is 0 Å². The first-order valence-electron chi connectivity index (χ1n) is 5.80. The molecule has 1 fully saturated rings. The van der Waals surface area contributed by atoms with E-state index in [0.29, 0.717) is 13.0 Å². The van der Waals surface area contributed by atoms with Crippen molar-refractivity contribution in [3.63, 3.8) is 0 Å². The molecule has 0 bridgehead atoms. The second kappa shape index (κ2) is 5.40. The van der Waals surface area contributed by atoms with Crippen LogP contribution < -0.4 is 4.72 Å². The predicted octanol–water partition coefficient (Wildman–Crippen LogP) is 0.296. The van der Waals surface area contributed by atoms with Crippen LogP contribution in [-0.2, 0) is 24.6 Å². The summed E-state index contributed by atoms with van der Waals surface area (Å²) in [4.78, 5) is -0.922. The Morgan fingerprint density at radius 3 is 2.55 bits per heavy atom. The lowest BCUT2D eigenvalue weighted by atomic mass is 10.3. The van der Waals surface area contributed by atoms with E-state index >= 15 is 0 Å². The molecule has 1 aliphatic heterocycles. The number of rotatable bonds is 4. The standard InChI is InChI=1S/C11H14FNO5S2/c1-19(14,15)9-2-3-10(12)11(6-9)20(16,17)13-8-4-5-18-7-8/h2-3,6,8,13H,4-5,7H2,1H3. The van der Waals surface area contributed by atoms with Crippen LogP contribution in [0.4, 0.5) is 4.39 Å². The largest absolute Gasteiger partial charge is 0.380 e. The first kappa shape index (κ1) is 15.4. The number of nitrogens with one attached hydrogen (secondary N) is 1. The van der Waals surface area contributed by atoms with E-state index in [1.807, 2.05) is 0 Å². The minimum Gasteiger partial charge on any atom is -0.380 e. The zero-order chi connectivity index (χ0) is 15.0. The van der Waals surface area contributed by atoms with Gasteiger partial charge in [-0.05, 0) is 24.6 Å². The van der Waals surface area contributed by atoms with Crippen LogP contribution in [0.5, 0.6) is 0 Å². The van der Waals surface area contributed by atoms with Crippen molar-refractivity contribution in [2.24, 2.45) is 0 Å². The summed E-state index contributed by atoms with van der Waals surface area (Å²) in [5.41, 5.74) is 0. The second-order valence-electron chi connectivity index (χ2n) is 4.55. The maximum absolute atomic E-state index is 13.7. The zero-order valence-electron chi connectivity index (χ0n) is 10.7. The third-order valence-corrected chi connectivity index (χ3v) is 5.52. The van der Waals surface area contributed by atoms with Crippen molar-refractivity contribution < 1.29 is 26.0 Å². The first-order valence-corrected chi connectivity index (χ1v) is 9.17. The van der Waals surface area contributed by atoms with Crippen LogP contribution in [0, 0.1) is 5.82 Å². The quantitative estimate of drug-likeness (QED) is 0.805. The summed E-state index contributed by atoms with van der Waals surface area (Å²) in [7, 11) is -7.74. The Balaban J connectivity index is 2.40. The van der Waals surface area contributed by atoms with Crippen molar-refractivity contribution in [2.45, 2.75) is 22.3 Å². The van der Waals surface area contributed by atoms with Gasteiger partial charge in [0.2, 0.25) is 10.0 Å². The van der Waals surface area contributed by atoms with Gasteiger partial charge in [0, 0.05) is 18.9 Å². The van der Waals surface area contributed by atoms with Gasteiger partial charge < -0.3 is 4.74 Å². The number of halogens is 1. The topological polar surface area (TPSA) is 89.5 Å². The van der Waals surface area contributed by atoms with Crippen LogP contribution in [0.1, 0.15) is 6.42 Å². The van der Waals surface area contributed by atoms with Gasteiger partial charge in [-0.15, -0.1) is 0 Å². The summed E-state index contributed by atoms with van der Waals surface area (Å²) in [5, 5.41) is 0. The molecule has 20 heavy (non-hydrogen) atoms. The van der Waals surface area contributed by atoms with Gasteiger partial charge in [0.05, 0.1) is 11.5 Å². The van der Waals surface area contributed by atoms with Crippen LogP contribution in [0.25, 0.3) is 0 Å². The zero-order valence-corrected chi connectivity index (χ0v) is 12.3. The lowest BCUT2D eigenvalue weighted by molar-refractivity contribution is 0.192. The lowest BCUT2D eigenvalue weighted by Gasteiger charge is -2.12. The third-order valence-electron chi connectivity index (χ3n) is 2.87. The maximum atomic E-state index is 13.7. The highest BCUT2D eigenvalue weighted by molar-refractivity contribution is 7.91. The van der Waals surface area contributed by atoms with E-state index in [1.54, 1.807) is 0 Å². The highest BCUT2D eigenvalue weighted by atomic mass is 32.2. The van der Waals surface area contributed by atoms with E-state index < -0.39 is 36.6 Å². The third kappa shape index (κ3) is 3.35. The molecule has 6 nitrogen and oxygen atoms in total. The van der Waals surface area contributed by atoms with Gasteiger partial charge in [0.15, 0.2) is 9.84 Å². The second-order valence-corrected chi connectivity index (χ2v) is 8.24. The van der Waals surface area contributed by atoms with E-state index in [0.717, 1.165) is 24.5 Å². The molecule has 0 aromatic heterocycles. The molecule has 1 unspecified atom stereocenters. The highest BCUT2D eigenvalue weighted by Gasteiger charge is 2.27. The van der Waals surface area contributed by atoms with Crippen LogP contribution in [0.3, 0.4) is 0 Å². The van der Waals surface area contributed by atoms with Crippen molar-refractivity contribution in [3.05, 3.63) is 24.0 Å². The Hall–Kier alpha value is -1.03. The summed E-state index contributed by atoms with van der Waals surface area (Å²) in [6.45, 7) is 0.645. The summed E-state index contributed by atoms with van der Waals surface area (Å²) < 4.78 is 68.0. The minimum absolute atomic E-state index is 0.215. The van der Waals surface area contributed by atoms with Crippen molar-refractivity contribution in [3.8, 4) is 0 Å². The molecule has 0 radical (unpaired) electrons.